The van der Waals surface area contributed by atoms with E-state index in [9.17, 15) is 19.5 Å². The lowest BCUT2D eigenvalue weighted by Crippen LogP contribution is -2.35. The Morgan fingerprint density at radius 1 is 1.21 bits per heavy atom. The molecule has 1 aromatic carbocycles. The van der Waals surface area contributed by atoms with E-state index in [4.69, 9.17) is 4.74 Å². The van der Waals surface area contributed by atoms with Gasteiger partial charge in [-0.15, -0.1) is 0 Å². The zero-order valence-corrected chi connectivity index (χ0v) is 20.6. The van der Waals surface area contributed by atoms with Gasteiger partial charge in [0.1, 0.15) is 11.5 Å². The Labute approximate surface area is 201 Å². The number of ketones is 1. The van der Waals surface area contributed by atoms with Crippen molar-refractivity contribution in [1.82, 2.24) is 10.2 Å². The number of hydrogen-bond acceptors (Lipinski definition) is 5. The molecule has 2 aliphatic rings. The summed E-state index contributed by atoms with van der Waals surface area (Å²) in [6.45, 7) is 10.8. The molecule has 34 heavy (non-hydrogen) atoms. The van der Waals surface area contributed by atoms with Crippen LogP contribution in [0.5, 0.6) is 0 Å². The summed E-state index contributed by atoms with van der Waals surface area (Å²) in [6.07, 6.45) is 3.67. The molecule has 1 atom stereocenters. The van der Waals surface area contributed by atoms with Crippen LogP contribution in [-0.2, 0) is 14.3 Å². The third kappa shape index (κ3) is 6.16. The van der Waals surface area contributed by atoms with Gasteiger partial charge in [-0.1, -0.05) is 50.3 Å². The number of fused-ring (bicyclic) bond motifs is 1. The molecule has 1 aromatic rings. The second kappa shape index (κ2) is 10.3. The Kier molecular flexibility index (Phi) is 7.64. The van der Waals surface area contributed by atoms with Crippen molar-refractivity contribution in [2.45, 2.75) is 53.1 Å². The van der Waals surface area contributed by atoms with Crippen LogP contribution in [0.2, 0.25) is 0 Å². The van der Waals surface area contributed by atoms with Crippen molar-refractivity contribution >= 4 is 23.4 Å². The number of nitrogens with one attached hydrogen (secondary N) is 1. The average molecular weight is 467 g/mol. The third-order valence-corrected chi connectivity index (χ3v) is 5.53. The molecule has 0 bridgehead atoms. The van der Waals surface area contributed by atoms with Gasteiger partial charge in [-0.25, -0.2) is 4.79 Å². The molecule has 3 rings (SSSR count). The van der Waals surface area contributed by atoms with E-state index in [2.05, 4.69) is 24.1 Å². The number of ether oxygens (including phenoxy) is 1. The van der Waals surface area contributed by atoms with Crippen LogP contribution in [0.15, 0.2) is 59.5 Å². The lowest BCUT2D eigenvalue weighted by molar-refractivity contribution is -0.144. The Hall–Kier alpha value is -3.35. The second-order valence-electron chi connectivity index (χ2n) is 10.1. The normalized spacial score (nSPS) is 18.4. The Morgan fingerprint density at radius 2 is 1.88 bits per heavy atom. The summed E-state index contributed by atoms with van der Waals surface area (Å²) >= 11 is 0. The SMILES string of the molecule is CC(C)CN1C=C2CC(=O)C(C(=O)O)C=C2C(c2ccccc2)=C1CCNC(=O)OC(C)(C)C. The lowest BCUT2D eigenvalue weighted by Gasteiger charge is -2.37. The van der Waals surface area contributed by atoms with E-state index in [1.54, 1.807) is 6.08 Å². The molecule has 0 aromatic heterocycles. The van der Waals surface area contributed by atoms with E-state index in [0.717, 1.165) is 34.5 Å². The van der Waals surface area contributed by atoms with E-state index < -0.39 is 23.6 Å². The van der Waals surface area contributed by atoms with Crippen molar-refractivity contribution in [3.63, 3.8) is 0 Å². The Balaban J connectivity index is 2.05. The Morgan fingerprint density at radius 3 is 2.47 bits per heavy atom. The number of hydrogen-bond donors (Lipinski definition) is 2. The fourth-order valence-electron chi connectivity index (χ4n) is 4.24. The first-order valence-electron chi connectivity index (χ1n) is 11.7. The van der Waals surface area contributed by atoms with Gasteiger partial charge in [-0.3, -0.25) is 9.59 Å². The maximum atomic E-state index is 12.5. The maximum Gasteiger partial charge on any atom is 0.407 e. The predicted octanol–water partition coefficient (Wildman–Crippen LogP) is 4.77. The molecule has 1 amide bonds. The van der Waals surface area contributed by atoms with Gasteiger partial charge in [0.05, 0.1) is 0 Å². The fraction of sp³-hybridized carbons (Fsp3) is 0.444. The van der Waals surface area contributed by atoms with E-state index in [1.807, 2.05) is 57.3 Å². The first-order chi connectivity index (χ1) is 16.0. The Bertz CT molecular complexity index is 1040. The largest absolute Gasteiger partial charge is 0.480 e. The highest BCUT2D eigenvalue weighted by atomic mass is 16.6. The van der Waals surface area contributed by atoms with Crippen LogP contribution in [0.4, 0.5) is 4.79 Å². The summed E-state index contributed by atoms with van der Waals surface area (Å²) in [5, 5.41) is 12.4. The topological polar surface area (TPSA) is 95.9 Å². The lowest BCUT2D eigenvalue weighted by atomic mass is 9.78. The summed E-state index contributed by atoms with van der Waals surface area (Å²) < 4.78 is 5.36. The van der Waals surface area contributed by atoms with Gasteiger partial charge >= 0.3 is 12.1 Å². The molecule has 1 heterocycles. The molecular formula is C27H34N2O5. The van der Waals surface area contributed by atoms with Crippen molar-refractivity contribution in [3.8, 4) is 0 Å². The number of aliphatic carboxylic acids is 1. The van der Waals surface area contributed by atoms with Crippen LogP contribution in [-0.4, -0.2) is 46.5 Å². The van der Waals surface area contributed by atoms with Crippen molar-refractivity contribution in [2.75, 3.05) is 13.1 Å². The molecule has 182 valence electrons. The van der Waals surface area contributed by atoms with Gasteiger partial charge in [0.2, 0.25) is 0 Å². The number of amides is 1. The standard InChI is InChI=1S/C27H34N2O5/c1-17(2)15-29-16-19-13-23(30)21(25(31)32)14-20(19)24(18-9-7-6-8-10-18)22(29)11-12-28-26(33)34-27(3,4)5/h6-10,14,16-17,21H,11-13,15H2,1-5H3,(H,28,33)(H,31,32). The third-order valence-electron chi connectivity index (χ3n) is 5.53. The molecular weight excluding hydrogens is 432 g/mol. The highest BCUT2D eigenvalue weighted by Crippen LogP contribution is 2.43. The molecule has 0 spiro atoms. The quantitative estimate of drug-likeness (QED) is 0.562. The number of nitrogens with zero attached hydrogens (tertiary/aromatic N) is 1. The summed E-state index contributed by atoms with van der Waals surface area (Å²) in [7, 11) is 0. The maximum absolute atomic E-state index is 12.5. The fourth-order valence-corrected chi connectivity index (χ4v) is 4.24. The van der Waals surface area contributed by atoms with Crippen LogP contribution in [0.3, 0.4) is 0 Å². The number of Topliss-reactive ketones (excluding diaryl/α,β-unsaturated/α-hetero) is 1. The van der Waals surface area contributed by atoms with Crippen molar-refractivity contribution < 1.29 is 24.2 Å². The van der Waals surface area contributed by atoms with Crippen molar-refractivity contribution in [3.05, 3.63) is 65.0 Å². The molecule has 0 saturated heterocycles. The van der Waals surface area contributed by atoms with Gasteiger partial charge in [0, 0.05) is 43.4 Å². The van der Waals surface area contributed by atoms with E-state index in [1.165, 1.54) is 0 Å². The second-order valence-corrected chi connectivity index (χ2v) is 10.1. The predicted molar refractivity (Wildman–Crippen MR) is 131 cm³/mol. The molecule has 2 N–H and O–H groups in total. The molecule has 0 radical (unpaired) electrons. The zero-order valence-electron chi connectivity index (χ0n) is 20.6. The van der Waals surface area contributed by atoms with Crippen molar-refractivity contribution in [1.29, 1.82) is 0 Å². The van der Waals surface area contributed by atoms with E-state index >= 15 is 0 Å². The molecule has 0 saturated carbocycles. The summed E-state index contributed by atoms with van der Waals surface area (Å²) in [4.78, 5) is 38.7. The van der Waals surface area contributed by atoms with Gasteiger partial charge in [-0.05, 0) is 43.4 Å². The van der Waals surface area contributed by atoms with Gasteiger partial charge in [0.25, 0.3) is 0 Å². The minimum Gasteiger partial charge on any atom is -0.480 e. The monoisotopic (exact) mass is 466 g/mol. The molecule has 1 unspecified atom stereocenters. The van der Waals surface area contributed by atoms with Crippen LogP contribution in [0.1, 0.15) is 53.0 Å². The molecule has 1 aliphatic heterocycles. The number of carboxylic acid groups (broad SMARTS) is 1. The molecule has 7 heteroatoms. The molecule has 1 aliphatic carbocycles. The van der Waals surface area contributed by atoms with Gasteiger partial charge < -0.3 is 20.1 Å². The van der Waals surface area contributed by atoms with E-state index in [-0.39, 0.29) is 12.2 Å². The van der Waals surface area contributed by atoms with E-state index in [0.29, 0.717) is 18.9 Å². The number of rotatable bonds is 7. The van der Waals surface area contributed by atoms with Crippen LogP contribution in [0, 0.1) is 11.8 Å². The number of carboxylic acids is 1. The number of carbonyl (C=O) groups is 3. The minimum absolute atomic E-state index is 0.0805. The summed E-state index contributed by atoms with van der Waals surface area (Å²) in [6, 6.07) is 9.78. The highest BCUT2D eigenvalue weighted by molar-refractivity contribution is 6.05. The summed E-state index contributed by atoms with van der Waals surface area (Å²) in [5.41, 5.74) is 3.85. The number of benzene rings is 1. The number of allylic oxidation sites excluding steroid dienone is 3. The van der Waals surface area contributed by atoms with Crippen LogP contribution in [0.25, 0.3) is 5.57 Å². The first-order valence-corrected chi connectivity index (χ1v) is 11.7. The minimum atomic E-state index is -1.16. The highest BCUT2D eigenvalue weighted by Gasteiger charge is 2.36. The zero-order chi connectivity index (χ0) is 25.0. The number of alkyl carbamates (subject to hydrolysis) is 1. The number of carbonyl (C=O) groups excluding carboxylic acids is 2. The van der Waals surface area contributed by atoms with Gasteiger partial charge in [0.15, 0.2) is 5.78 Å². The summed E-state index contributed by atoms with van der Waals surface area (Å²) in [5.74, 6) is -2.26. The van der Waals surface area contributed by atoms with Crippen LogP contribution < -0.4 is 5.32 Å². The molecule has 7 nitrogen and oxygen atoms in total. The first kappa shape index (κ1) is 25.3. The van der Waals surface area contributed by atoms with Gasteiger partial charge in [-0.2, -0.15) is 0 Å². The smallest absolute Gasteiger partial charge is 0.407 e. The van der Waals surface area contributed by atoms with Crippen LogP contribution >= 0.6 is 0 Å². The van der Waals surface area contributed by atoms with Crippen molar-refractivity contribution in [2.24, 2.45) is 11.8 Å². The molecule has 0 fully saturated rings. The average Bonchev–Trinajstić information content (AvgIpc) is 2.72.